The summed E-state index contributed by atoms with van der Waals surface area (Å²) in [6.07, 6.45) is 1.90. The molecule has 3 heterocycles. The van der Waals surface area contributed by atoms with Gasteiger partial charge >= 0.3 is 0 Å². The van der Waals surface area contributed by atoms with Crippen LogP contribution in [0.5, 0.6) is 5.75 Å². The predicted octanol–water partition coefficient (Wildman–Crippen LogP) is 2.28. The lowest BCUT2D eigenvalue weighted by Gasteiger charge is -2.27. The molecule has 0 N–H and O–H groups in total. The molecule has 1 saturated heterocycles. The molecule has 1 amide bonds. The van der Waals surface area contributed by atoms with E-state index in [2.05, 4.69) is 17.0 Å². The lowest BCUT2D eigenvalue weighted by Crippen LogP contribution is -2.40. The predicted molar refractivity (Wildman–Crippen MR) is 103 cm³/mol. The Kier molecular flexibility index (Phi) is 5.18. The van der Waals surface area contributed by atoms with Crippen LogP contribution in [0.25, 0.3) is 0 Å². The number of nitrogens with zero attached hydrogens (tertiary/aromatic N) is 3. The normalized spacial score (nSPS) is 20.7. The number of amides is 1. The van der Waals surface area contributed by atoms with Crippen molar-refractivity contribution >= 4 is 5.91 Å². The molecule has 2 aliphatic rings. The Labute approximate surface area is 160 Å². The minimum atomic E-state index is 0.0162. The fourth-order valence-corrected chi connectivity index (χ4v) is 3.76. The van der Waals surface area contributed by atoms with E-state index in [4.69, 9.17) is 9.47 Å². The van der Waals surface area contributed by atoms with Crippen molar-refractivity contribution in [3.8, 4) is 5.75 Å². The maximum absolute atomic E-state index is 13.1. The highest BCUT2D eigenvalue weighted by molar-refractivity contribution is 5.93. The van der Waals surface area contributed by atoms with E-state index in [0.29, 0.717) is 18.8 Å². The second kappa shape index (κ2) is 7.74. The molecule has 0 radical (unpaired) electrons. The van der Waals surface area contributed by atoms with Crippen molar-refractivity contribution in [3.05, 3.63) is 53.3 Å². The molecule has 2 aliphatic heterocycles. The number of rotatable bonds is 3. The van der Waals surface area contributed by atoms with Gasteiger partial charge in [-0.25, -0.2) is 0 Å². The van der Waals surface area contributed by atoms with Crippen molar-refractivity contribution in [2.24, 2.45) is 7.05 Å². The Bertz CT molecular complexity index is 811. The maximum atomic E-state index is 13.1. The summed E-state index contributed by atoms with van der Waals surface area (Å²) in [7, 11) is 1.90. The summed E-state index contributed by atoms with van der Waals surface area (Å²) in [5.41, 5.74) is 3.03. The highest BCUT2D eigenvalue weighted by Crippen LogP contribution is 2.28. The Morgan fingerprint density at radius 2 is 2.04 bits per heavy atom. The van der Waals surface area contributed by atoms with E-state index in [1.807, 2.05) is 47.8 Å². The molecule has 0 bridgehead atoms. The van der Waals surface area contributed by atoms with Crippen LogP contribution >= 0.6 is 0 Å². The number of fused-ring (bicyclic) bond motifs is 1. The van der Waals surface area contributed by atoms with Gasteiger partial charge < -0.3 is 18.9 Å². The van der Waals surface area contributed by atoms with Gasteiger partial charge in [-0.1, -0.05) is 6.07 Å². The first-order valence-electron chi connectivity index (χ1n) is 9.59. The molecule has 2 aromatic rings. The SMILES string of the molecule is C[C@H]1COc2ccc(CN3CCOCC3)cc2CN1C(=O)c1cccn1C. The van der Waals surface area contributed by atoms with Crippen LogP contribution in [0.4, 0.5) is 0 Å². The number of benzene rings is 1. The van der Waals surface area contributed by atoms with Crippen molar-refractivity contribution in [3.63, 3.8) is 0 Å². The molecule has 6 heteroatoms. The van der Waals surface area contributed by atoms with Crippen LogP contribution in [0.1, 0.15) is 28.5 Å². The highest BCUT2D eigenvalue weighted by atomic mass is 16.5. The van der Waals surface area contributed by atoms with Gasteiger partial charge in [0.15, 0.2) is 0 Å². The highest BCUT2D eigenvalue weighted by Gasteiger charge is 2.28. The summed E-state index contributed by atoms with van der Waals surface area (Å²) in [5, 5.41) is 0. The fourth-order valence-electron chi connectivity index (χ4n) is 3.76. The molecule has 6 nitrogen and oxygen atoms in total. The maximum Gasteiger partial charge on any atom is 0.271 e. The van der Waals surface area contributed by atoms with Crippen molar-refractivity contribution < 1.29 is 14.3 Å². The first kappa shape index (κ1) is 18.1. The standard InChI is InChI=1S/C21H27N3O3/c1-16-15-27-20-6-5-17(13-23-8-10-26-11-9-23)12-18(20)14-24(16)21(25)19-4-3-7-22(19)2/h3-7,12,16H,8-11,13-15H2,1-2H3/t16-/m0/s1. The van der Waals surface area contributed by atoms with Gasteiger partial charge in [0, 0.05) is 38.4 Å². The van der Waals surface area contributed by atoms with E-state index in [1.54, 1.807) is 0 Å². The Hall–Kier alpha value is -2.31. The summed E-state index contributed by atoms with van der Waals surface area (Å²) >= 11 is 0. The van der Waals surface area contributed by atoms with Gasteiger partial charge in [-0.3, -0.25) is 9.69 Å². The zero-order chi connectivity index (χ0) is 18.8. The average Bonchev–Trinajstić information content (AvgIpc) is 3.03. The van der Waals surface area contributed by atoms with Crippen LogP contribution in [0.15, 0.2) is 36.5 Å². The molecule has 1 atom stereocenters. The molecule has 1 fully saturated rings. The number of aryl methyl sites for hydroxylation is 1. The van der Waals surface area contributed by atoms with E-state index in [1.165, 1.54) is 5.56 Å². The third kappa shape index (κ3) is 3.87. The number of ether oxygens (including phenoxy) is 2. The van der Waals surface area contributed by atoms with Gasteiger partial charge in [0.05, 0.1) is 25.8 Å². The number of carbonyl (C=O) groups is 1. The van der Waals surface area contributed by atoms with E-state index in [-0.39, 0.29) is 11.9 Å². The zero-order valence-corrected chi connectivity index (χ0v) is 16.1. The molecule has 0 spiro atoms. The van der Waals surface area contributed by atoms with Crippen molar-refractivity contribution in [1.29, 1.82) is 0 Å². The molecule has 27 heavy (non-hydrogen) atoms. The molecule has 4 rings (SSSR count). The third-order valence-electron chi connectivity index (χ3n) is 5.41. The lowest BCUT2D eigenvalue weighted by atomic mass is 10.1. The van der Waals surface area contributed by atoms with Crippen LogP contribution in [0, 0.1) is 0 Å². The topological polar surface area (TPSA) is 46.9 Å². The third-order valence-corrected chi connectivity index (χ3v) is 5.41. The Morgan fingerprint density at radius 1 is 1.22 bits per heavy atom. The summed E-state index contributed by atoms with van der Waals surface area (Å²) < 4.78 is 13.3. The quantitative estimate of drug-likeness (QED) is 0.833. The van der Waals surface area contributed by atoms with Gasteiger partial charge in [-0.15, -0.1) is 0 Å². The monoisotopic (exact) mass is 369 g/mol. The van der Waals surface area contributed by atoms with E-state index >= 15 is 0 Å². The van der Waals surface area contributed by atoms with E-state index < -0.39 is 0 Å². The van der Waals surface area contributed by atoms with Crippen molar-refractivity contribution in [2.75, 3.05) is 32.9 Å². The number of carbonyl (C=O) groups excluding carboxylic acids is 1. The van der Waals surface area contributed by atoms with Crippen molar-refractivity contribution in [2.45, 2.75) is 26.1 Å². The van der Waals surface area contributed by atoms with Gasteiger partial charge in [-0.2, -0.15) is 0 Å². The number of morpholine rings is 1. The van der Waals surface area contributed by atoms with Gasteiger partial charge in [-0.05, 0) is 36.8 Å². The van der Waals surface area contributed by atoms with Gasteiger partial charge in [0.2, 0.25) is 0 Å². The minimum Gasteiger partial charge on any atom is -0.491 e. The van der Waals surface area contributed by atoms with E-state index in [9.17, 15) is 4.79 Å². The second-order valence-corrected chi connectivity index (χ2v) is 7.43. The van der Waals surface area contributed by atoms with Crippen molar-refractivity contribution in [1.82, 2.24) is 14.4 Å². The molecular formula is C21H27N3O3. The van der Waals surface area contributed by atoms with Crippen LogP contribution < -0.4 is 4.74 Å². The molecule has 1 aromatic heterocycles. The van der Waals surface area contributed by atoms with Crippen LogP contribution in [0.2, 0.25) is 0 Å². The summed E-state index contributed by atoms with van der Waals surface area (Å²) in [6.45, 7) is 7.53. The molecule has 1 aromatic carbocycles. The lowest BCUT2D eigenvalue weighted by molar-refractivity contribution is 0.0341. The summed E-state index contributed by atoms with van der Waals surface area (Å²) in [5.74, 6) is 0.930. The average molecular weight is 369 g/mol. The Morgan fingerprint density at radius 3 is 2.78 bits per heavy atom. The van der Waals surface area contributed by atoms with Crippen LogP contribution in [0.3, 0.4) is 0 Å². The first-order valence-corrected chi connectivity index (χ1v) is 9.59. The molecule has 0 aliphatic carbocycles. The smallest absolute Gasteiger partial charge is 0.271 e. The summed E-state index contributed by atoms with van der Waals surface area (Å²) in [6, 6.07) is 10.2. The molecule has 0 unspecified atom stereocenters. The van der Waals surface area contributed by atoms with Gasteiger partial charge in [0.1, 0.15) is 18.1 Å². The molecular weight excluding hydrogens is 342 g/mol. The second-order valence-electron chi connectivity index (χ2n) is 7.43. The van der Waals surface area contributed by atoms with Crippen LogP contribution in [-0.4, -0.2) is 59.2 Å². The minimum absolute atomic E-state index is 0.0162. The fraction of sp³-hybridized carbons (Fsp3) is 0.476. The Balaban J connectivity index is 1.55. The van der Waals surface area contributed by atoms with Gasteiger partial charge in [0.25, 0.3) is 5.91 Å². The largest absolute Gasteiger partial charge is 0.491 e. The molecule has 144 valence electrons. The first-order chi connectivity index (χ1) is 13.1. The van der Waals surface area contributed by atoms with Crippen LogP contribution in [-0.2, 0) is 24.9 Å². The number of hydrogen-bond donors (Lipinski definition) is 0. The summed E-state index contributed by atoms with van der Waals surface area (Å²) in [4.78, 5) is 17.4. The number of hydrogen-bond acceptors (Lipinski definition) is 4. The zero-order valence-electron chi connectivity index (χ0n) is 16.1. The number of aromatic nitrogens is 1. The molecule has 0 saturated carbocycles. The van der Waals surface area contributed by atoms with E-state index in [0.717, 1.165) is 44.2 Å².